The van der Waals surface area contributed by atoms with Crippen LogP contribution < -0.4 is 5.14 Å². The zero-order valence-electron chi connectivity index (χ0n) is 12.0. The summed E-state index contributed by atoms with van der Waals surface area (Å²) in [7, 11) is -2.89. The maximum absolute atomic E-state index is 12.1. The lowest BCUT2D eigenvalue weighted by atomic mass is 10.2. The third-order valence-corrected chi connectivity index (χ3v) is 5.35. The van der Waals surface area contributed by atoms with Crippen LogP contribution in [-0.2, 0) is 25.3 Å². The molecule has 2 aromatic carbocycles. The Morgan fingerprint density at radius 3 is 1.88 bits per heavy atom. The summed E-state index contributed by atoms with van der Waals surface area (Å²) in [6.07, 6.45) is -4.57. The molecule has 12 heteroatoms. The summed E-state index contributed by atoms with van der Waals surface area (Å²) in [5.74, 6) is 0. The monoisotopic (exact) mass is 435 g/mol. The Bertz CT molecular complexity index is 961. The van der Waals surface area contributed by atoms with E-state index in [1.54, 1.807) is 12.1 Å². The smallest absolute Gasteiger partial charge is 0.225 e. The molecule has 0 aliphatic rings. The minimum Gasteiger partial charge on any atom is -0.225 e. The minimum atomic E-state index is -4.57. The first-order valence-electron chi connectivity index (χ1n) is 6.12. The van der Waals surface area contributed by atoms with Crippen molar-refractivity contribution in [2.75, 3.05) is 0 Å². The molecule has 0 saturated heterocycles. The van der Waals surface area contributed by atoms with E-state index in [1.165, 1.54) is 12.1 Å². The molecule has 25 heavy (non-hydrogen) atoms. The van der Waals surface area contributed by atoms with Crippen molar-refractivity contribution < 1.29 is 30.0 Å². The Hall–Kier alpha value is -1.33. The van der Waals surface area contributed by atoms with Gasteiger partial charge in [0.15, 0.2) is 0 Å². The largest absolute Gasteiger partial charge is 0.416 e. The highest BCUT2D eigenvalue weighted by molar-refractivity contribution is 8.13. The zero-order valence-corrected chi connectivity index (χ0v) is 15.2. The molecule has 0 amide bonds. The SMILES string of the molecule is NS(=O)(=O)c1ccccc1Cl.O=S(=O)(Cl)c1cccc(C(F)(F)F)c1. The first-order valence-corrected chi connectivity index (χ1v) is 10.4. The number of rotatable bonds is 2. The molecular formula is C13H10Cl2F3NO4S2. The Kier molecular flexibility index (Phi) is 6.88. The summed E-state index contributed by atoms with van der Waals surface area (Å²) >= 11 is 5.55. The van der Waals surface area contributed by atoms with Gasteiger partial charge in [-0.3, -0.25) is 0 Å². The number of benzene rings is 2. The van der Waals surface area contributed by atoms with Gasteiger partial charge in [-0.2, -0.15) is 13.2 Å². The van der Waals surface area contributed by atoms with Crippen molar-refractivity contribution in [3.63, 3.8) is 0 Å². The first-order chi connectivity index (χ1) is 11.2. The second-order valence-corrected chi connectivity index (χ2v) is 8.94. The molecule has 0 aliphatic heterocycles. The number of nitrogens with two attached hydrogens (primary N) is 1. The number of hydrogen-bond donors (Lipinski definition) is 1. The van der Waals surface area contributed by atoms with E-state index in [0.29, 0.717) is 6.07 Å². The van der Waals surface area contributed by atoms with Crippen LogP contribution in [-0.4, -0.2) is 16.8 Å². The molecular weight excluding hydrogens is 426 g/mol. The van der Waals surface area contributed by atoms with E-state index in [-0.39, 0.29) is 9.92 Å². The third kappa shape index (κ3) is 6.83. The van der Waals surface area contributed by atoms with Crippen LogP contribution >= 0.6 is 22.3 Å². The Morgan fingerprint density at radius 1 is 0.920 bits per heavy atom. The normalized spacial score (nSPS) is 12.2. The third-order valence-electron chi connectivity index (χ3n) is 2.59. The summed E-state index contributed by atoms with van der Waals surface area (Å²) in [5, 5.41) is 4.99. The second kappa shape index (κ2) is 7.92. The van der Waals surface area contributed by atoms with Gasteiger partial charge in [-0.25, -0.2) is 22.0 Å². The molecule has 0 bridgehead atoms. The van der Waals surface area contributed by atoms with Gasteiger partial charge >= 0.3 is 6.18 Å². The summed E-state index contributed by atoms with van der Waals surface area (Å²) in [6.45, 7) is 0. The predicted molar refractivity (Wildman–Crippen MR) is 87.3 cm³/mol. The standard InChI is InChI=1S/C7H4ClF3O2S.C6H6ClNO2S/c8-14(12,13)6-3-1-2-5(4-6)7(9,10)11;7-5-3-1-2-4-6(5)11(8,9)10/h1-4H;1-4H,(H2,8,9,10). The van der Waals surface area contributed by atoms with Crippen LogP contribution in [0.4, 0.5) is 13.2 Å². The quantitative estimate of drug-likeness (QED) is 0.728. The van der Waals surface area contributed by atoms with Crippen molar-refractivity contribution in [2.45, 2.75) is 16.0 Å². The molecule has 0 saturated carbocycles. The maximum atomic E-state index is 12.1. The topological polar surface area (TPSA) is 94.3 Å². The summed E-state index contributed by atoms with van der Waals surface area (Å²) in [5.41, 5.74) is -1.04. The molecule has 5 nitrogen and oxygen atoms in total. The lowest BCUT2D eigenvalue weighted by Gasteiger charge is -2.06. The van der Waals surface area contributed by atoms with Gasteiger partial charge < -0.3 is 0 Å². The highest BCUT2D eigenvalue weighted by Crippen LogP contribution is 2.31. The predicted octanol–water partition coefficient (Wildman–Crippen LogP) is 3.62. The molecule has 138 valence electrons. The summed E-state index contributed by atoms with van der Waals surface area (Å²) < 4.78 is 79.3. The number of primary sulfonamides is 1. The maximum Gasteiger partial charge on any atom is 0.416 e. The van der Waals surface area contributed by atoms with Gasteiger partial charge in [0.25, 0.3) is 9.05 Å². The van der Waals surface area contributed by atoms with Gasteiger partial charge in [-0.1, -0.05) is 29.8 Å². The Balaban J connectivity index is 0.000000257. The Morgan fingerprint density at radius 2 is 1.48 bits per heavy atom. The lowest BCUT2D eigenvalue weighted by Crippen LogP contribution is -2.12. The second-order valence-electron chi connectivity index (χ2n) is 4.44. The van der Waals surface area contributed by atoms with E-state index in [2.05, 4.69) is 0 Å². The molecule has 0 aliphatic carbocycles. The van der Waals surface area contributed by atoms with Crippen molar-refractivity contribution in [2.24, 2.45) is 5.14 Å². The van der Waals surface area contributed by atoms with Crippen molar-refractivity contribution >= 4 is 41.4 Å². The fourth-order valence-electron chi connectivity index (χ4n) is 1.50. The van der Waals surface area contributed by atoms with Crippen LogP contribution in [0.3, 0.4) is 0 Å². The highest BCUT2D eigenvalue weighted by atomic mass is 35.7. The molecule has 2 N–H and O–H groups in total. The van der Waals surface area contributed by atoms with Crippen LogP contribution in [0.15, 0.2) is 58.3 Å². The van der Waals surface area contributed by atoms with Crippen LogP contribution in [0.25, 0.3) is 0 Å². The van der Waals surface area contributed by atoms with E-state index in [0.717, 1.165) is 18.2 Å². The van der Waals surface area contributed by atoms with E-state index in [1.807, 2.05) is 0 Å². The average Bonchev–Trinajstić information content (AvgIpc) is 2.45. The average molecular weight is 436 g/mol. The number of sulfonamides is 1. The molecule has 2 rings (SSSR count). The van der Waals surface area contributed by atoms with E-state index >= 15 is 0 Å². The molecule has 0 heterocycles. The van der Waals surface area contributed by atoms with Gasteiger partial charge in [0, 0.05) is 10.7 Å². The van der Waals surface area contributed by atoms with Crippen molar-refractivity contribution in [1.29, 1.82) is 0 Å². The first kappa shape index (κ1) is 21.7. The molecule has 0 aromatic heterocycles. The van der Waals surface area contributed by atoms with Gasteiger partial charge in [0.2, 0.25) is 10.0 Å². The zero-order chi connectivity index (χ0) is 19.5. The molecule has 0 fully saturated rings. The van der Waals surface area contributed by atoms with Crippen LogP contribution in [0.5, 0.6) is 0 Å². The summed E-state index contributed by atoms with van der Waals surface area (Å²) in [6, 6.07) is 9.27. The summed E-state index contributed by atoms with van der Waals surface area (Å²) in [4.78, 5) is -0.601. The number of alkyl halides is 3. The van der Waals surface area contributed by atoms with Gasteiger partial charge in [0.05, 0.1) is 15.5 Å². The molecule has 2 aromatic rings. The van der Waals surface area contributed by atoms with E-state index in [9.17, 15) is 30.0 Å². The Labute approximate surface area is 151 Å². The molecule has 0 spiro atoms. The van der Waals surface area contributed by atoms with Crippen LogP contribution in [0.2, 0.25) is 5.02 Å². The number of halogens is 5. The van der Waals surface area contributed by atoms with Crippen molar-refractivity contribution in [1.82, 2.24) is 0 Å². The minimum absolute atomic E-state index is 0.0401. The fraction of sp³-hybridized carbons (Fsp3) is 0.0769. The van der Waals surface area contributed by atoms with Gasteiger partial charge in [-0.15, -0.1) is 0 Å². The highest BCUT2D eigenvalue weighted by Gasteiger charge is 2.31. The van der Waals surface area contributed by atoms with Crippen LogP contribution in [0.1, 0.15) is 5.56 Å². The van der Waals surface area contributed by atoms with Crippen LogP contribution in [0, 0.1) is 0 Å². The molecule has 0 radical (unpaired) electrons. The van der Waals surface area contributed by atoms with Gasteiger partial charge in [0.1, 0.15) is 4.90 Å². The van der Waals surface area contributed by atoms with Crippen molar-refractivity contribution in [3.05, 3.63) is 59.1 Å². The lowest BCUT2D eigenvalue weighted by molar-refractivity contribution is -0.137. The van der Waals surface area contributed by atoms with Gasteiger partial charge in [-0.05, 0) is 30.3 Å². The van der Waals surface area contributed by atoms with E-state index in [4.69, 9.17) is 27.4 Å². The molecule has 0 unspecified atom stereocenters. The number of hydrogen-bond acceptors (Lipinski definition) is 4. The van der Waals surface area contributed by atoms with Crippen molar-refractivity contribution in [3.8, 4) is 0 Å². The van der Waals surface area contributed by atoms with E-state index < -0.39 is 35.7 Å². The molecule has 0 atom stereocenters. The fourth-order valence-corrected chi connectivity index (χ4v) is 3.36.